The average Bonchev–Trinajstić information content (AvgIpc) is 2.79. The van der Waals surface area contributed by atoms with E-state index in [4.69, 9.17) is 4.74 Å². The number of benzene rings is 2. The van der Waals surface area contributed by atoms with Crippen LogP contribution < -0.4 is 4.74 Å². The van der Waals surface area contributed by atoms with Gasteiger partial charge < -0.3 is 4.74 Å². The number of aromatic nitrogens is 1. The predicted octanol–water partition coefficient (Wildman–Crippen LogP) is 7.23. The van der Waals surface area contributed by atoms with E-state index in [1.807, 2.05) is 12.4 Å². The average molecular weight is 420 g/mol. The van der Waals surface area contributed by atoms with Gasteiger partial charge in [-0.15, -0.1) is 12.4 Å². The van der Waals surface area contributed by atoms with E-state index in [0.29, 0.717) is 5.92 Å². The normalized spacial score (nSPS) is 14.5. The minimum Gasteiger partial charge on any atom is -0.496 e. The van der Waals surface area contributed by atoms with Gasteiger partial charge in [-0.2, -0.15) is 0 Å². The largest absolute Gasteiger partial charge is 0.496 e. The highest BCUT2D eigenvalue weighted by molar-refractivity contribution is 5.85. The third kappa shape index (κ3) is 5.52. The maximum atomic E-state index is 5.69. The van der Waals surface area contributed by atoms with Crippen molar-refractivity contribution in [3.63, 3.8) is 0 Å². The van der Waals surface area contributed by atoms with E-state index in [0.717, 1.165) is 12.2 Å². The number of allylic oxidation sites excluding steroid dienone is 1. The summed E-state index contributed by atoms with van der Waals surface area (Å²) in [6.07, 6.45) is 13.5. The van der Waals surface area contributed by atoms with Crippen molar-refractivity contribution >= 4 is 18.5 Å². The summed E-state index contributed by atoms with van der Waals surface area (Å²) in [5.74, 6) is 1.26. The standard InChI is InChI=1S/C27H29NO.ClH/c1-29-27-13-12-24(20-25(27)18-21-8-4-2-5-9-21)26(23-10-6-3-7-11-23)19-22-14-16-28-17-15-22;/h3,6-7,10-18,20,26H,2,4-5,8-9,19H2,1H3;1H. The van der Waals surface area contributed by atoms with Crippen LogP contribution in [0.3, 0.4) is 0 Å². The highest BCUT2D eigenvalue weighted by Crippen LogP contribution is 2.34. The zero-order chi connectivity index (χ0) is 19.9. The Kier molecular flexibility index (Phi) is 8.10. The lowest BCUT2D eigenvalue weighted by Crippen LogP contribution is -2.06. The Hall–Kier alpha value is -2.58. The van der Waals surface area contributed by atoms with Gasteiger partial charge >= 0.3 is 0 Å². The van der Waals surface area contributed by atoms with E-state index in [9.17, 15) is 0 Å². The van der Waals surface area contributed by atoms with Gasteiger partial charge in [0.1, 0.15) is 5.75 Å². The van der Waals surface area contributed by atoms with Crippen LogP contribution in [0.4, 0.5) is 0 Å². The number of halogens is 1. The van der Waals surface area contributed by atoms with Crippen molar-refractivity contribution in [3.8, 4) is 5.75 Å². The van der Waals surface area contributed by atoms with Crippen molar-refractivity contribution in [2.75, 3.05) is 7.11 Å². The summed E-state index contributed by atoms with van der Waals surface area (Å²) in [6.45, 7) is 0. The fraction of sp³-hybridized carbons (Fsp3) is 0.296. The second-order valence-electron chi connectivity index (χ2n) is 7.89. The lowest BCUT2D eigenvalue weighted by atomic mass is 9.85. The molecule has 1 aliphatic carbocycles. The second kappa shape index (κ2) is 11.0. The molecule has 1 unspecified atom stereocenters. The van der Waals surface area contributed by atoms with Crippen LogP contribution in [0, 0.1) is 0 Å². The van der Waals surface area contributed by atoms with Crippen molar-refractivity contribution in [2.24, 2.45) is 0 Å². The summed E-state index contributed by atoms with van der Waals surface area (Å²) in [7, 11) is 1.77. The topological polar surface area (TPSA) is 22.1 Å². The highest BCUT2D eigenvalue weighted by Gasteiger charge is 2.17. The van der Waals surface area contributed by atoms with Gasteiger partial charge in [0.2, 0.25) is 0 Å². The highest BCUT2D eigenvalue weighted by atomic mass is 35.5. The minimum atomic E-state index is 0. The molecular weight excluding hydrogens is 390 g/mol. The molecule has 0 N–H and O–H groups in total. The van der Waals surface area contributed by atoms with Crippen LogP contribution in [0.2, 0.25) is 0 Å². The maximum absolute atomic E-state index is 5.69. The number of rotatable bonds is 6. The maximum Gasteiger partial charge on any atom is 0.126 e. The first-order valence-corrected chi connectivity index (χ1v) is 10.6. The zero-order valence-electron chi connectivity index (χ0n) is 17.6. The van der Waals surface area contributed by atoms with Crippen LogP contribution in [0.15, 0.2) is 78.6 Å². The Balaban J connectivity index is 0.00000256. The Morgan fingerprint density at radius 3 is 2.33 bits per heavy atom. The third-order valence-electron chi connectivity index (χ3n) is 5.90. The van der Waals surface area contributed by atoms with E-state index in [2.05, 4.69) is 71.7 Å². The smallest absolute Gasteiger partial charge is 0.126 e. The van der Waals surface area contributed by atoms with Gasteiger partial charge in [-0.1, -0.05) is 54.5 Å². The molecule has 1 aliphatic rings. The van der Waals surface area contributed by atoms with Crippen LogP contribution in [-0.4, -0.2) is 12.1 Å². The Bertz CT molecular complexity index is 945. The molecule has 0 aliphatic heterocycles. The summed E-state index contributed by atoms with van der Waals surface area (Å²) in [5, 5.41) is 0. The van der Waals surface area contributed by atoms with Gasteiger partial charge in [-0.3, -0.25) is 4.98 Å². The van der Waals surface area contributed by atoms with E-state index < -0.39 is 0 Å². The number of pyridine rings is 1. The number of nitrogens with zero attached hydrogens (tertiary/aromatic N) is 1. The van der Waals surface area contributed by atoms with Crippen molar-refractivity contribution in [1.29, 1.82) is 0 Å². The molecule has 0 spiro atoms. The molecule has 1 heterocycles. The van der Waals surface area contributed by atoms with E-state index in [1.54, 1.807) is 12.7 Å². The molecule has 3 heteroatoms. The van der Waals surface area contributed by atoms with Crippen LogP contribution >= 0.6 is 12.4 Å². The van der Waals surface area contributed by atoms with Gasteiger partial charge in [-0.25, -0.2) is 0 Å². The van der Waals surface area contributed by atoms with Crippen LogP contribution in [0.5, 0.6) is 5.75 Å². The number of hydrogen-bond donors (Lipinski definition) is 0. The Labute approximate surface area is 186 Å². The van der Waals surface area contributed by atoms with Crippen LogP contribution in [-0.2, 0) is 6.42 Å². The molecule has 1 saturated carbocycles. The Morgan fingerprint density at radius 2 is 1.63 bits per heavy atom. The minimum absolute atomic E-state index is 0. The number of ether oxygens (including phenoxy) is 1. The summed E-state index contributed by atoms with van der Waals surface area (Å²) < 4.78 is 5.69. The monoisotopic (exact) mass is 419 g/mol. The SMILES string of the molecule is COc1ccc(C(Cc2ccncc2)c2ccccc2)cc1C=C1CCCCC1.Cl. The van der Waals surface area contributed by atoms with Crippen molar-refractivity contribution in [1.82, 2.24) is 4.98 Å². The van der Waals surface area contributed by atoms with E-state index >= 15 is 0 Å². The first kappa shape index (κ1) is 22.1. The molecule has 4 rings (SSSR count). The van der Waals surface area contributed by atoms with Gasteiger partial charge in [-0.05, 0) is 73.1 Å². The molecule has 30 heavy (non-hydrogen) atoms. The van der Waals surface area contributed by atoms with Gasteiger partial charge in [0.25, 0.3) is 0 Å². The summed E-state index contributed by atoms with van der Waals surface area (Å²) in [6, 6.07) is 21.7. The molecule has 0 amide bonds. The van der Waals surface area contributed by atoms with Crippen LogP contribution in [0.25, 0.3) is 6.08 Å². The molecule has 2 aromatic carbocycles. The van der Waals surface area contributed by atoms with Gasteiger partial charge in [0, 0.05) is 23.9 Å². The third-order valence-corrected chi connectivity index (χ3v) is 5.90. The first-order chi connectivity index (χ1) is 14.3. The molecule has 0 bridgehead atoms. The fourth-order valence-electron chi connectivity index (χ4n) is 4.32. The fourth-order valence-corrected chi connectivity index (χ4v) is 4.32. The molecule has 156 valence electrons. The number of methoxy groups -OCH3 is 1. The lowest BCUT2D eigenvalue weighted by Gasteiger charge is -2.20. The quantitative estimate of drug-likeness (QED) is 0.420. The first-order valence-electron chi connectivity index (χ1n) is 10.6. The molecule has 1 atom stereocenters. The summed E-state index contributed by atoms with van der Waals surface area (Å²) in [5.41, 5.74) is 6.73. The molecule has 1 fully saturated rings. The molecule has 1 aromatic heterocycles. The summed E-state index contributed by atoms with van der Waals surface area (Å²) >= 11 is 0. The second-order valence-corrected chi connectivity index (χ2v) is 7.89. The van der Waals surface area contributed by atoms with Crippen LogP contribution in [0.1, 0.15) is 60.3 Å². The molecule has 0 saturated heterocycles. The Morgan fingerprint density at radius 1 is 0.900 bits per heavy atom. The zero-order valence-corrected chi connectivity index (χ0v) is 18.4. The van der Waals surface area contributed by atoms with E-state index in [-0.39, 0.29) is 12.4 Å². The summed E-state index contributed by atoms with van der Waals surface area (Å²) in [4.78, 5) is 4.18. The predicted molar refractivity (Wildman–Crippen MR) is 128 cm³/mol. The van der Waals surface area contributed by atoms with E-state index in [1.165, 1.54) is 54.4 Å². The molecule has 3 aromatic rings. The lowest BCUT2D eigenvalue weighted by molar-refractivity contribution is 0.413. The molecule has 0 radical (unpaired) electrons. The molecular formula is C27H30ClNO. The van der Waals surface area contributed by atoms with Gasteiger partial charge in [0.05, 0.1) is 7.11 Å². The van der Waals surface area contributed by atoms with Gasteiger partial charge in [0.15, 0.2) is 0 Å². The molecule has 2 nitrogen and oxygen atoms in total. The number of hydrogen-bond acceptors (Lipinski definition) is 2. The van der Waals surface area contributed by atoms with Crippen molar-refractivity contribution in [3.05, 3.63) is 101 Å². The van der Waals surface area contributed by atoms with Crippen molar-refractivity contribution < 1.29 is 4.74 Å². The van der Waals surface area contributed by atoms with Crippen molar-refractivity contribution in [2.45, 2.75) is 44.4 Å².